The first-order valence-corrected chi connectivity index (χ1v) is 13.9. The van der Waals surface area contributed by atoms with Gasteiger partial charge in [0.15, 0.2) is 0 Å². The summed E-state index contributed by atoms with van der Waals surface area (Å²) in [5.74, 6) is 0.256. The molecule has 0 aliphatic rings. The van der Waals surface area contributed by atoms with Crippen LogP contribution in [0.15, 0.2) is 24.3 Å². The molecule has 1 aromatic carbocycles. The van der Waals surface area contributed by atoms with Crippen molar-refractivity contribution in [1.29, 1.82) is 0 Å². The Labute approximate surface area is 199 Å². The number of unbranched alkanes of at least 4 members (excludes halogenated alkanes) is 5. The summed E-state index contributed by atoms with van der Waals surface area (Å²) in [6, 6.07) is 6.21. The number of esters is 1. The lowest BCUT2D eigenvalue weighted by atomic mass is 10.1. The SMILES string of the molecule is CCO[Si](CCCCCCCCOC(=O)/C=C/c1ccc(OC)c(Cl)c1)(OCC)OCC. The quantitative estimate of drug-likeness (QED) is 0.105. The van der Waals surface area contributed by atoms with Crippen molar-refractivity contribution in [2.75, 3.05) is 33.5 Å². The molecule has 0 saturated carbocycles. The molecule has 0 heterocycles. The van der Waals surface area contributed by atoms with Gasteiger partial charge < -0.3 is 22.8 Å². The van der Waals surface area contributed by atoms with Crippen molar-refractivity contribution >= 4 is 32.5 Å². The van der Waals surface area contributed by atoms with Crippen LogP contribution in [0.3, 0.4) is 0 Å². The van der Waals surface area contributed by atoms with Crippen LogP contribution in [0.5, 0.6) is 5.75 Å². The number of carbonyl (C=O) groups excluding carboxylic acids is 1. The fraction of sp³-hybridized carbons (Fsp3) is 0.625. The third-order valence-corrected chi connectivity index (χ3v) is 8.25. The van der Waals surface area contributed by atoms with Gasteiger partial charge in [-0.05, 0) is 57.4 Å². The molecule has 0 atom stereocenters. The Morgan fingerprint density at radius 3 is 2.09 bits per heavy atom. The summed E-state index contributed by atoms with van der Waals surface area (Å²) in [4.78, 5) is 11.9. The van der Waals surface area contributed by atoms with Crippen LogP contribution in [0.4, 0.5) is 0 Å². The van der Waals surface area contributed by atoms with E-state index in [2.05, 4.69) is 0 Å². The highest BCUT2D eigenvalue weighted by Crippen LogP contribution is 2.25. The molecular weight excluding hydrogens is 448 g/mol. The van der Waals surface area contributed by atoms with E-state index in [1.54, 1.807) is 25.3 Å². The van der Waals surface area contributed by atoms with Gasteiger partial charge in [0, 0.05) is 31.9 Å². The zero-order valence-corrected chi connectivity index (χ0v) is 21.7. The van der Waals surface area contributed by atoms with Gasteiger partial charge in [0.2, 0.25) is 0 Å². The summed E-state index contributed by atoms with van der Waals surface area (Å²) in [5, 5.41) is 0.504. The minimum atomic E-state index is -2.51. The Morgan fingerprint density at radius 2 is 1.53 bits per heavy atom. The van der Waals surface area contributed by atoms with Crippen molar-refractivity contribution < 1.29 is 27.5 Å². The lowest BCUT2D eigenvalue weighted by molar-refractivity contribution is -0.137. The van der Waals surface area contributed by atoms with Crippen LogP contribution in [0.25, 0.3) is 6.08 Å². The second-order valence-electron chi connectivity index (χ2n) is 7.25. The minimum Gasteiger partial charge on any atom is -0.495 e. The van der Waals surface area contributed by atoms with E-state index < -0.39 is 8.80 Å². The number of halogens is 1. The van der Waals surface area contributed by atoms with Crippen molar-refractivity contribution in [3.05, 3.63) is 34.9 Å². The molecule has 6 nitrogen and oxygen atoms in total. The van der Waals surface area contributed by atoms with E-state index in [1.807, 2.05) is 26.8 Å². The smallest absolute Gasteiger partial charge is 0.495 e. The largest absolute Gasteiger partial charge is 0.500 e. The molecule has 0 amide bonds. The molecule has 0 radical (unpaired) electrons. The number of carbonyl (C=O) groups is 1. The van der Waals surface area contributed by atoms with Gasteiger partial charge in [-0.15, -0.1) is 0 Å². The first kappa shape index (κ1) is 28.6. The Hall–Kier alpha value is -1.38. The van der Waals surface area contributed by atoms with Gasteiger partial charge in [0.1, 0.15) is 5.75 Å². The van der Waals surface area contributed by atoms with Crippen molar-refractivity contribution in [3.8, 4) is 5.75 Å². The molecule has 0 saturated heterocycles. The monoisotopic (exact) mass is 486 g/mol. The topological polar surface area (TPSA) is 63.2 Å². The van der Waals surface area contributed by atoms with Crippen LogP contribution in [-0.4, -0.2) is 48.3 Å². The van der Waals surface area contributed by atoms with E-state index in [4.69, 9.17) is 34.4 Å². The van der Waals surface area contributed by atoms with Gasteiger partial charge in [0.05, 0.1) is 18.7 Å². The van der Waals surface area contributed by atoms with Crippen LogP contribution >= 0.6 is 11.6 Å². The maximum atomic E-state index is 11.9. The number of ether oxygens (including phenoxy) is 2. The highest BCUT2D eigenvalue weighted by molar-refractivity contribution is 6.60. The average molecular weight is 487 g/mol. The fourth-order valence-electron chi connectivity index (χ4n) is 3.32. The summed E-state index contributed by atoms with van der Waals surface area (Å²) in [6.45, 7) is 8.24. The maximum Gasteiger partial charge on any atom is 0.500 e. The summed E-state index contributed by atoms with van der Waals surface area (Å²) in [5.41, 5.74) is 0.817. The second-order valence-corrected chi connectivity index (χ2v) is 10.4. The molecule has 0 aliphatic heterocycles. The summed E-state index contributed by atoms with van der Waals surface area (Å²) in [7, 11) is -0.944. The van der Waals surface area contributed by atoms with Gasteiger partial charge in [-0.3, -0.25) is 0 Å². The van der Waals surface area contributed by atoms with Gasteiger partial charge in [0.25, 0.3) is 0 Å². The molecule has 8 heteroatoms. The standard InChI is InChI=1S/C24H39ClO6Si/c1-5-29-32(30-6-2,31-7-3)19-13-11-9-8-10-12-18-28-24(26)17-15-21-14-16-23(27-4)22(25)20-21/h14-17,20H,5-13,18-19H2,1-4H3/b17-15+. The van der Waals surface area contributed by atoms with E-state index in [0.717, 1.165) is 50.1 Å². The van der Waals surface area contributed by atoms with Gasteiger partial charge >= 0.3 is 14.8 Å². The van der Waals surface area contributed by atoms with E-state index in [1.165, 1.54) is 6.08 Å². The highest BCUT2D eigenvalue weighted by atomic mass is 35.5. The number of hydrogen-bond acceptors (Lipinski definition) is 6. The number of benzene rings is 1. The highest BCUT2D eigenvalue weighted by Gasteiger charge is 2.39. The first-order valence-electron chi connectivity index (χ1n) is 11.6. The molecule has 0 unspecified atom stereocenters. The van der Waals surface area contributed by atoms with Gasteiger partial charge in [-0.1, -0.05) is 43.4 Å². The zero-order chi connectivity index (χ0) is 23.7. The van der Waals surface area contributed by atoms with E-state index >= 15 is 0 Å². The fourth-order valence-corrected chi connectivity index (χ4v) is 6.28. The molecule has 0 spiro atoms. The summed E-state index contributed by atoms with van der Waals surface area (Å²) >= 11 is 6.08. The van der Waals surface area contributed by atoms with Crippen LogP contribution in [-0.2, 0) is 22.8 Å². The number of hydrogen-bond donors (Lipinski definition) is 0. The minimum absolute atomic E-state index is 0.346. The molecule has 0 aromatic heterocycles. The number of methoxy groups -OCH3 is 1. The summed E-state index contributed by atoms with van der Waals surface area (Å²) < 4.78 is 28.0. The van der Waals surface area contributed by atoms with Gasteiger partial charge in [-0.2, -0.15) is 0 Å². The van der Waals surface area contributed by atoms with Crippen molar-refractivity contribution in [1.82, 2.24) is 0 Å². The van der Waals surface area contributed by atoms with Crippen molar-refractivity contribution in [2.45, 2.75) is 65.3 Å². The molecule has 0 fully saturated rings. The van der Waals surface area contributed by atoms with Crippen molar-refractivity contribution in [3.63, 3.8) is 0 Å². The normalized spacial score (nSPS) is 11.8. The Bertz CT molecular complexity index is 665. The molecule has 1 rings (SSSR count). The summed E-state index contributed by atoms with van der Waals surface area (Å²) in [6.07, 6.45) is 9.42. The van der Waals surface area contributed by atoms with E-state index in [0.29, 0.717) is 37.2 Å². The van der Waals surface area contributed by atoms with Crippen LogP contribution in [0.1, 0.15) is 64.9 Å². The predicted molar refractivity (Wildman–Crippen MR) is 131 cm³/mol. The van der Waals surface area contributed by atoms with Crippen molar-refractivity contribution in [2.24, 2.45) is 0 Å². The zero-order valence-electron chi connectivity index (χ0n) is 20.0. The molecule has 0 bridgehead atoms. The molecule has 0 N–H and O–H groups in total. The molecule has 32 heavy (non-hydrogen) atoms. The molecular formula is C24H39ClO6Si. The second kappa shape index (κ2) is 17.1. The van der Waals surface area contributed by atoms with E-state index in [9.17, 15) is 4.79 Å². The third kappa shape index (κ3) is 11.5. The molecule has 182 valence electrons. The van der Waals surface area contributed by atoms with Crippen LogP contribution in [0.2, 0.25) is 11.1 Å². The number of rotatable bonds is 18. The third-order valence-electron chi connectivity index (χ3n) is 4.80. The maximum absolute atomic E-state index is 11.9. The average Bonchev–Trinajstić information content (AvgIpc) is 2.77. The van der Waals surface area contributed by atoms with Crippen LogP contribution < -0.4 is 4.74 Å². The Morgan fingerprint density at radius 1 is 0.938 bits per heavy atom. The predicted octanol–water partition coefficient (Wildman–Crippen LogP) is 6.29. The lowest BCUT2D eigenvalue weighted by Crippen LogP contribution is -2.45. The van der Waals surface area contributed by atoms with Crippen LogP contribution in [0, 0.1) is 0 Å². The van der Waals surface area contributed by atoms with Gasteiger partial charge in [-0.25, -0.2) is 4.79 Å². The lowest BCUT2D eigenvalue weighted by Gasteiger charge is -2.28. The van der Waals surface area contributed by atoms with E-state index in [-0.39, 0.29) is 5.97 Å². The molecule has 1 aromatic rings. The Balaban J connectivity index is 2.16. The molecule has 0 aliphatic carbocycles. The Kier molecular flexibility index (Phi) is 15.3. The first-order chi connectivity index (χ1) is 15.5.